The van der Waals surface area contributed by atoms with Crippen molar-refractivity contribution in [3.05, 3.63) is 82.6 Å². The van der Waals surface area contributed by atoms with Crippen molar-refractivity contribution in [1.29, 1.82) is 0 Å². The molecule has 7 nitrogen and oxygen atoms in total. The van der Waals surface area contributed by atoms with Gasteiger partial charge in [-0.15, -0.1) is 11.3 Å². The maximum Gasteiger partial charge on any atom is 0.264 e. The second-order valence-electron chi connectivity index (χ2n) is 8.07. The molecule has 9 heteroatoms. The normalized spacial score (nSPS) is 14.4. The van der Waals surface area contributed by atoms with Crippen molar-refractivity contribution in [3.8, 4) is 11.5 Å². The first-order valence-electron chi connectivity index (χ1n) is 10.9. The number of sulfone groups is 1. The van der Waals surface area contributed by atoms with E-state index >= 15 is 0 Å². The molecule has 0 saturated carbocycles. The van der Waals surface area contributed by atoms with Gasteiger partial charge in [0.05, 0.1) is 9.77 Å². The number of hydrogen-bond donors (Lipinski definition) is 0. The number of oxazole rings is 1. The van der Waals surface area contributed by atoms with E-state index in [1.165, 1.54) is 11.3 Å². The number of carbonyl (C=O) groups is 1. The van der Waals surface area contributed by atoms with Crippen molar-refractivity contribution in [1.82, 2.24) is 9.88 Å². The molecule has 5 rings (SSSR count). The largest absolute Gasteiger partial charge is 0.419 e. The third kappa shape index (κ3) is 4.24. The Bertz CT molecular complexity index is 1390. The van der Waals surface area contributed by atoms with Gasteiger partial charge >= 0.3 is 0 Å². The molecular formula is C25H23N3O4S2. The van der Waals surface area contributed by atoms with Crippen LogP contribution in [0.4, 0.5) is 5.88 Å². The molecule has 0 N–H and O–H groups in total. The predicted molar refractivity (Wildman–Crippen MR) is 131 cm³/mol. The fourth-order valence-corrected chi connectivity index (χ4v) is 5.91. The summed E-state index contributed by atoms with van der Waals surface area (Å²) in [6, 6.07) is 19.5. The fourth-order valence-electron chi connectivity index (χ4n) is 3.87. The first-order chi connectivity index (χ1) is 16.4. The van der Waals surface area contributed by atoms with Gasteiger partial charge in [-0.1, -0.05) is 42.0 Å². The molecular weight excluding hydrogens is 470 g/mol. The number of anilines is 1. The monoisotopic (exact) mass is 493 g/mol. The highest BCUT2D eigenvalue weighted by atomic mass is 32.2. The van der Waals surface area contributed by atoms with Crippen LogP contribution in [0.25, 0.3) is 11.5 Å². The molecule has 0 unspecified atom stereocenters. The zero-order valence-corrected chi connectivity index (χ0v) is 20.2. The third-order valence-electron chi connectivity index (χ3n) is 5.77. The van der Waals surface area contributed by atoms with E-state index in [-0.39, 0.29) is 27.6 Å². The van der Waals surface area contributed by atoms with E-state index in [2.05, 4.69) is 4.98 Å². The van der Waals surface area contributed by atoms with Gasteiger partial charge in [0.1, 0.15) is 0 Å². The minimum absolute atomic E-state index is 0.00954. The SMILES string of the molecule is Cc1ccc(-c2nc(S(=O)(=O)c3ccccc3)c(N3CCN(C(=O)c4cccs4)CC3)o2)cc1. The quantitative estimate of drug-likeness (QED) is 0.407. The van der Waals surface area contributed by atoms with Crippen LogP contribution in [-0.2, 0) is 9.84 Å². The van der Waals surface area contributed by atoms with Gasteiger partial charge in [-0.25, -0.2) is 8.42 Å². The number of piperazine rings is 1. The number of benzene rings is 2. The van der Waals surface area contributed by atoms with Crippen LogP contribution in [0, 0.1) is 6.92 Å². The Balaban J connectivity index is 1.48. The van der Waals surface area contributed by atoms with Crippen molar-refractivity contribution in [3.63, 3.8) is 0 Å². The van der Waals surface area contributed by atoms with E-state index in [4.69, 9.17) is 4.42 Å². The van der Waals surface area contributed by atoms with E-state index in [9.17, 15) is 13.2 Å². The number of aromatic nitrogens is 1. The summed E-state index contributed by atoms with van der Waals surface area (Å²) in [6.07, 6.45) is 0. The minimum atomic E-state index is -3.91. The standard InChI is InChI=1S/C25H23N3O4S2/c1-18-9-11-19(12-10-18)22-26-23(34(30,31)20-6-3-2-4-7-20)25(32-22)28-15-13-27(14-16-28)24(29)21-8-5-17-33-21/h2-12,17H,13-16H2,1H3. The average Bonchev–Trinajstić information content (AvgIpc) is 3.56. The average molecular weight is 494 g/mol. The Morgan fingerprint density at radius 2 is 1.65 bits per heavy atom. The van der Waals surface area contributed by atoms with Crippen molar-refractivity contribution in [2.75, 3.05) is 31.1 Å². The second kappa shape index (κ2) is 9.08. The zero-order valence-electron chi connectivity index (χ0n) is 18.5. The Morgan fingerprint density at radius 3 is 2.29 bits per heavy atom. The van der Waals surface area contributed by atoms with Crippen molar-refractivity contribution >= 4 is 33.0 Å². The van der Waals surface area contributed by atoms with Gasteiger partial charge in [-0.3, -0.25) is 4.79 Å². The van der Waals surface area contributed by atoms with Gasteiger partial charge in [0.25, 0.3) is 5.91 Å². The predicted octanol–water partition coefficient (Wildman–Crippen LogP) is 4.51. The smallest absolute Gasteiger partial charge is 0.264 e. The van der Waals surface area contributed by atoms with E-state index < -0.39 is 9.84 Å². The lowest BCUT2D eigenvalue weighted by molar-refractivity contribution is 0.0750. The first-order valence-corrected chi connectivity index (χ1v) is 13.3. The molecule has 3 heterocycles. The van der Waals surface area contributed by atoms with Gasteiger partial charge in [0.2, 0.25) is 26.6 Å². The summed E-state index contributed by atoms with van der Waals surface area (Å²) < 4.78 is 33.1. The Labute approximate surface area is 202 Å². The van der Waals surface area contributed by atoms with Crippen LogP contribution in [0.5, 0.6) is 0 Å². The lowest BCUT2D eigenvalue weighted by Gasteiger charge is -2.34. The van der Waals surface area contributed by atoms with E-state index in [0.29, 0.717) is 36.6 Å². The topological polar surface area (TPSA) is 83.7 Å². The maximum atomic E-state index is 13.5. The molecule has 0 bridgehead atoms. The lowest BCUT2D eigenvalue weighted by atomic mass is 10.1. The highest BCUT2D eigenvalue weighted by molar-refractivity contribution is 7.91. The summed E-state index contributed by atoms with van der Waals surface area (Å²) in [5.41, 5.74) is 1.78. The zero-order chi connectivity index (χ0) is 23.7. The molecule has 2 aromatic carbocycles. The van der Waals surface area contributed by atoms with Crippen molar-refractivity contribution in [2.24, 2.45) is 0 Å². The molecule has 0 spiro atoms. The number of aryl methyl sites for hydroxylation is 1. The molecule has 174 valence electrons. The molecule has 1 saturated heterocycles. The van der Waals surface area contributed by atoms with Crippen LogP contribution in [0.2, 0.25) is 0 Å². The molecule has 1 aliphatic rings. The van der Waals surface area contributed by atoms with E-state index in [1.54, 1.807) is 35.2 Å². The highest BCUT2D eigenvalue weighted by Gasteiger charge is 2.33. The van der Waals surface area contributed by atoms with Crippen LogP contribution in [0.3, 0.4) is 0 Å². The van der Waals surface area contributed by atoms with E-state index in [1.807, 2.05) is 53.6 Å². The molecule has 0 radical (unpaired) electrons. The molecule has 34 heavy (non-hydrogen) atoms. The maximum absolute atomic E-state index is 13.5. The Hall–Kier alpha value is -3.43. The Morgan fingerprint density at radius 1 is 0.941 bits per heavy atom. The summed E-state index contributed by atoms with van der Waals surface area (Å²) in [4.78, 5) is 21.7. The second-order valence-corrected chi connectivity index (χ2v) is 10.9. The number of hydrogen-bond acceptors (Lipinski definition) is 7. The summed E-state index contributed by atoms with van der Waals surface area (Å²) in [6.45, 7) is 3.78. The lowest BCUT2D eigenvalue weighted by Crippen LogP contribution is -2.48. The van der Waals surface area contributed by atoms with Crippen molar-refractivity contribution in [2.45, 2.75) is 16.8 Å². The van der Waals surface area contributed by atoms with Crippen LogP contribution in [0.1, 0.15) is 15.2 Å². The molecule has 1 aliphatic heterocycles. The summed E-state index contributed by atoms with van der Waals surface area (Å²) >= 11 is 1.41. The van der Waals surface area contributed by atoms with Gasteiger partial charge in [-0.2, -0.15) is 4.98 Å². The summed E-state index contributed by atoms with van der Waals surface area (Å²) in [5.74, 6) is 0.453. The van der Waals surface area contributed by atoms with Gasteiger partial charge in [0, 0.05) is 31.7 Å². The first kappa shape index (κ1) is 22.4. The summed E-state index contributed by atoms with van der Waals surface area (Å²) in [5, 5.41) is 1.78. The van der Waals surface area contributed by atoms with Gasteiger partial charge < -0.3 is 14.2 Å². The third-order valence-corrected chi connectivity index (χ3v) is 8.30. The van der Waals surface area contributed by atoms with E-state index in [0.717, 1.165) is 5.56 Å². The molecule has 0 aliphatic carbocycles. The van der Waals surface area contributed by atoms with Gasteiger partial charge in [0.15, 0.2) is 0 Å². The molecule has 0 atom stereocenters. The molecule has 1 amide bonds. The van der Waals surface area contributed by atoms with Crippen LogP contribution >= 0.6 is 11.3 Å². The number of amides is 1. The van der Waals surface area contributed by atoms with Crippen LogP contribution < -0.4 is 4.90 Å². The number of thiophene rings is 1. The Kier molecular flexibility index (Phi) is 5.97. The highest BCUT2D eigenvalue weighted by Crippen LogP contribution is 2.35. The molecule has 1 fully saturated rings. The fraction of sp³-hybridized carbons (Fsp3) is 0.200. The van der Waals surface area contributed by atoms with Crippen LogP contribution in [-0.4, -0.2) is 50.4 Å². The minimum Gasteiger partial charge on any atom is -0.419 e. The molecule has 2 aromatic heterocycles. The number of rotatable bonds is 5. The number of nitrogens with zero attached hydrogens (tertiary/aromatic N) is 3. The van der Waals surface area contributed by atoms with Gasteiger partial charge in [-0.05, 0) is 42.6 Å². The number of carbonyl (C=O) groups excluding carboxylic acids is 1. The van der Waals surface area contributed by atoms with Crippen LogP contribution in [0.15, 0.2) is 86.4 Å². The molecule has 4 aromatic rings. The summed E-state index contributed by atoms with van der Waals surface area (Å²) in [7, 11) is -3.91. The van der Waals surface area contributed by atoms with Crippen molar-refractivity contribution < 1.29 is 17.6 Å².